The van der Waals surface area contributed by atoms with Crippen LogP contribution in [0.15, 0.2) is 41.5 Å². The van der Waals surface area contributed by atoms with E-state index >= 15 is 8.78 Å². The smallest absolute Gasteiger partial charge is 0.417 e. The number of nitrogens with two attached hydrogens (primary N) is 1. The van der Waals surface area contributed by atoms with Crippen molar-refractivity contribution in [2.75, 3.05) is 5.32 Å². The lowest BCUT2D eigenvalue weighted by atomic mass is 9.78. The normalized spacial score (nSPS) is 22.0. The molecular formula is C20H18F6N4O2. The number of pyridine rings is 1. The van der Waals surface area contributed by atoms with Gasteiger partial charge in [0.2, 0.25) is 5.60 Å². The molecule has 0 bridgehead atoms. The Balaban J connectivity index is 1.94. The Morgan fingerprint density at radius 2 is 1.78 bits per heavy atom. The van der Waals surface area contributed by atoms with Gasteiger partial charge in [-0.3, -0.25) is 9.78 Å². The van der Waals surface area contributed by atoms with E-state index in [1.54, 1.807) is 0 Å². The molecule has 2 heterocycles. The monoisotopic (exact) mass is 460 g/mol. The first-order valence-corrected chi connectivity index (χ1v) is 9.15. The SMILES string of the molecule is CC1(C)N=C(N)O[C@](C)(c2cc(NC(=O)c3ccc(C(F)(F)F)cn3)ccc2F)C1(F)F. The van der Waals surface area contributed by atoms with E-state index in [2.05, 4.69) is 15.3 Å². The maximum absolute atomic E-state index is 15.2. The topological polar surface area (TPSA) is 89.6 Å². The molecule has 0 fully saturated rings. The summed E-state index contributed by atoms with van der Waals surface area (Å²) in [7, 11) is 0. The van der Waals surface area contributed by atoms with Gasteiger partial charge >= 0.3 is 12.1 Å². The fraction of sp³-hybridized carbons (Fsp3) is 0.350. The van der Waals surface area contributed by atoms with E-state index in [-0.39, 0.29) is 11.4 Å². The van der Waals surface area contributed by atoms with Crippen LogP contribution < -0.4 is 11.1 Å². The molecule has 1 aromatic carbocycles. The molecule has 0 radical (unpaired) electrons. The number of aromatic nitrogens is 1. The minimum absolute atomic E-state index is 0.118. The Labute approximate surface area is 178 Å². The van der Waals surface area contributed by atoms with Crippen LogP contribution in [0.4, 0.5) is 32.0 Å². The van der Waals surface area contributed by atoms with Crippen LogP contribution in [-0.4, -0.2) is 28.4 Å². The maximum Gasteiger partial charge on any atom is 0.417 e. The predicted molar refractivity (Wildman–Crippen MR) is 103 cm³/mol. The fourth-order valence-electron chi connectivity index (χ4n) is 3.31. The number of alkyl halides is 5. The number of halogens is 6. The summed E-state index contributed by atoms with van der Waals surface area (Å²) >= 11 is 0. The highest BCUT2D eigenvalue weighted by molar-refractivity contribution is 6.02. The van der Waals surface area contributed by atoms with Gasteiger partial charge in [-0.15, -0.1) is 0 Å². The van der Waals surface area contributed by atoms with Crippen molar-refractivity contribution in [1.29, 1.82) is 0 Å². The van der Waals surface area contributed by atoms with Crippen molar-refractivity contribution in [2.24, 2.45) is 10.7 Å². The molecule has 172 valence electrons. The third-order valence-electron chi connectivity index (χ3n) is 5.13. The molecule has 32 heavy (non-hydrogen) atoms. The van der Waals surface area contributed by atoms with E-state index in [0.717, 1.165) is 45.0 Å². The molecule has 1 aliphatic heterocycles. The van der Waals surface area contributed by atoms with Crippen LogP contribution in [-0.2, 0) is 16.5 Å². The number of carbonyl (C=O) groups excluding carboxylic acids is 1. The molecule has 0 saturated carbocycles. The van der Waals surface area contributed by atoms with Crippen LogP contribution in [0.1, 0.15) is 42.4 Å². The highest BCUT2D eigenvalue weighted by Crippen LogP contribution is 2.51. The Hall–Kier alpha value is -3.31. The summed E-state index contributed by atoms with van der Waals surface area (Å²) < 4.78 is 88.1. The largest absolute Gasteiger partial charge is 0.448 e. The number of amidine groups is 1. The number of anilines is 1. The first kappa shape index (κ1) is 23.4. The summed E-state index contributed by atoms with van der Waals surface area (Å²) in [4.78, 5) is 19.4. The lowest BCUT2D eigenvalue weighted by molar-refractivity contribution is -0.215. The van der Waals surface area contributed by atoms with E-state index in [1.165, 1.54) is 0 Å². The van der Waals surface area contributed by atoms with Crippen LogP contribution in [0, 0.1) is 5.82 Å². The summed E-state index contributed by atoms with van der Waals surface area (Å²) in [5.41, 5.74) is -1.19. The lowest BCUT2D eigenvalue weighted by Gasteiger charge is -2.47. The molecule has 1 aliphatic rings. The van der Waals surface area contributed by atoms with Gasteiger partial charge in [-0.05, 0) is 51.1 Å². The molecule has 1 atom stereocenters. The molecule has 0 spiro atoms. The average Bonchev–Trinajstić information content (AvgIpc) is 2.67. The second-order valence-electron chi connectivity index (χ2n) is 7.80. The van der Waals surface area contributed by atoms with Crippen molar-refractivity contribution < 1.29 is 35.9 Å². The molecule has 3 rings (SSSR count). The summed E-state index contributed by atoms with van der Waals surface area (Å²) in [6.07, 6.45) is -4.15. The molecule has 0 aliphatic carbocycles. The number of nitrogens with one attached hydrogen (secondary N) is 1. The van der Waals surface area contributed by atoms with E-state index in [1.807, 2.05) is 0 Å². The molecule has 3 N–H and O–H groups in total. The third kappa shape index (κ3) is 3.84. The zero-order valence-corrected chi connectivity index (χ0v) is 17.0. The molecule has 12 heteroatoms. The predicted octanol–water partition coefficient (Wildman–Crippen LogP) is 4.47. The number of aliphatic imine (C=N–C) groups is 1. The van der Waals surface area contributed by atoms with Gasteiger partial charge in [0.1, 0.15) is 17.1 Å². The van der Waals surface area contributed by atoms with Gasteiger partial charge in [-0.1, -0.05) is 0 Å². The second-order valence-corrected chi connectivity index (χ2v) is 7.80. The van der Waals surface area contributed by atoms with Crippen molar-refractivity contribution in [3.8, 4) is 0 Å². The van der Waals surface area contributed by atoms with Gasteiger partial charge in [-0.2, -0.15) is 22.0 Å². The summed E-state index contributed by atoms with van der Waals surface area (Å²) in [6.45, 7) is 3.17. The van der Waals surface area contributed by atoms with Crippen LogP contribution in [0.2, 0.25) is 0 Å². The van der Waals surface area contributed by atoms with Crippen LogP contribution >= 0.6 is 0 Å². The standard InChI is InChI=1S/C20H18F6N4O2/c1-17(2)20(25,26)18(3,32-16(27)30-17)12-8-11(5-6-13(12)21)29-15(31)14-7-4-10(9-28-14)19(22,23)24/h4-9H,1-3H3,(H2,27,30)(H,29,31)/t18-/m1/s1. The van der Waals surface area contributed by atoms with Crippen molar-refractivity contribution >= 4 is 17.6 Å². The first-order chi connectivity index (χ1) is 14.6. The number of ether oxygens (including phenoxy) is 1. The van der Waals surface area contributed by atoms with E-state index in [4.69, 9.17) is 10.5 Å². The summed E-state index contributed by atoms with van der Waals surface area (Å²) in [6, 6.07) is 3.81. The van der Waals surface area contributed by atoms with Gasteiger partial charge in [0.05, 0.1) is 5.56 Å². The Kier molecular flexibility index (Phi) is 5.39. The Morgan fingerprint density at radius 3 is 2.34 bits per heavy atom. The minimum atomic E-state index is -4.63. The highest BCUT2D eigenvalue weighted by atomic mass is 19.4. The number of carbonyl (C=O) groups is 1. The summed E-state index contributed by atoms with van der Waals surface area (Å²) in [5, 5.41) is 2.29. The molecule has 6 nitrogen and oxygen atoms in total. The quantitative estimate of drug-likeness (QED) is 0.662. The summed E-state index contributed by atoms with van der Waals surface area (Å²) in [5.74, 6) is -5.70. The third-order valence-corrected chi connectivity index (χ3v) is 5.13. The van der Waals surface area contributed by atoms with Crippen LogP contribution in [0.25, 0.3) is 0 Å². The van der Waals surface area contributed by atoms with Crippen molar-refractivity contribution in [3.63, 3.8) is 0 Å². The van der Waals surface area contributed by atoms with Crippen molar-refractivity contribution in [3.05, 3.63) is 59.2 Å². The fourth-order valence-corrected chi connectivity index (χ4v) is 3.31. The Bertz CT molecular complexity index is 1080. The van der Waals surface area contributed by atoms with Gasteiger partial charge in [-0.25, -0.2) is 9.38 Å². The number of hydrogen-bond acceptors (Lipinski definition) is 5. The van der Waals surface area contributed by atoms with E-state index in [9.17, 15) is 22.4 Å². The maximum atomic E-state index is 15.2. The van der Waals surface area contributed by atoms with Gasteiger partial charge in [0, 0.05) is 17.4 Å². The minimum Gasteiger partial charge on any atom is -0.448 e. The molecule has 1 amide bonds. The van der Waals surface area contributed by atoms with Crippen molar-refractivity contribution in [1.82, 2.24) is 4.98 Å². The molecule has 1 aromatic heterocycles. The second kappa shape index (κ2) is 7.38. The van der Waals surface area contributed by atoms with Crippen molar-refractivity contribution in [2.45, 2.75) is 44.0 Å². The Morgan fingerprint density at radius 1 is 1.12 bits per heavy atom. The first-order valence-electron chi connectivity index (χ1n) is 9.15. The van der Waals surface area contributed by atoms with Gasteiger partial charge < -0.3 is 15.8 Å². The zero-order chi connectivity index (χ0) is 24.1. The molecule has 2 aromatic rings. The number of rotatable bonds is 3. The van der Waals surface area contributed by atoms with Crippen LogP contribution in [0.5, 0.6) is 0 Å². The highest BCUT2D eigenvalue weighted by Gasteiger charge is 2.66. The van der Waals surface area contributed by atoms with Gasteiger partial charge in [0.15, 0.2) is 0 Å². The lowest BCUT2D eigenvalue weighted by Crippen LogP contribution is -2.62. The van der Waals surface area contributed by atoms with E-state index in [0.29, 0.717) is 12.3 Å². The number of benzene rings is 1. The van der Waals surface area contributed by atoms with Crippen LogP contribution in [0.3, 0.4) is 0 Å². The molecule has 0 unspecified atom stereocenters. The number of nitrogens with zero attached hydrogens (tertiary/aromatic N) is 2. The average molecular weight is 460 g/mol. The zero-order valence-electron chi connectivity index (χ0n) is 17.0. The van der Waals surface area contributed by atoms with Gasteiger partial charge in [0.25, 0.3) is 11.9 Å². The number of hydrogen-bond donors (Lipinski definition) is 2. The molecule has 0 saturated heterocycles. The molecular weight excluding hydrogens is 442 g/mol. The van der Waals surface area contributed by atoms with E-state index < -0.39 is 52.1 Å². The number of amides is 1.